The van der Waals surface area contributed by atoms with Gasteiger partial charge in [0.2, 0.25) is 11.8 Å². The number of carbonyl (C=O) groups is 2. The largest absolute Gasteiger partial charge is 0.365 e. The minimum atomic E-state index is -0.130. The number of likely N-dealkylation sites (N-methyl/N-ethyl adjacent to an activating group) is 1. The highest BCUT2D eigenvalue weighted by molar-refractivity contribution is 5.79. The van der Waals surface area contributed by atoms with Gasteiger partial charge in [-0.25, -0.2) is 0 Å². The van der Waals surface area contributed by atoms with Crippen molar-refractivity contribution in [3.63, 3.8) is 0 Å². The minimum Gasteiger partial charge on any atom is -0.365 e. The van der Waals surface area contributed by atoms with Crippen LogP contribution in [0.1, 0.15) is 26.7 Å². The van der Waals surface area contributed by atoms with E-state index in [0.29, 0.717) is 13.1 Å². The molecule has 0 spiro atoms. The van der Waals surface area contributed by atoms with Crippen LogP contribution in [0.15, 0.2) is 0 Å². The second kappa shape index (κ2) is 6.59. The van der Waals surface area contributed by atoms with E-state index < -0.39 is 0 Å². The summed E-state index contributed by atoms with van der Waals surface area (Å²) in [6.07, 6.45) is 1.79. The van der Waals surface area contributed by atoms with Crippen molar-refractivity contribution < 1.29 is 14.3 Å². The number of rotatable bonds is 6. The molecule has 98 valence electrons. The van der Waals surface area contributed by atoms with E-state index in [1.54, 1.807) is 7.05 Å². The summed E-state index contributed by atoms with van der Waals surface area (Å²) in [4.78, 5) is 24.7. The Morgan fingerprint density at radius 3 is 2.41 bits per heavy atom. The van der Waals surface area contributed by atoms with E-state index in [9.17, 15) is 9.59 Å². The molecule has 0 atom stereocenters. The van der Waals surface area contributed by atoms with Crippen LogP contribution in [0.5, 0.6) is 0 Å². The number of amides is 2. The van der Waals surface area contributed by atoms with E-state index >= 15 is 0 Å². The first-order valence-electron chi connectivity index (χ1n) is 6.23. The zero-order valence-corrected chi connectivity index (χ0v) is 10.9. The molecule has 1 aliphatic heterocycles. The third kappa shape index (κ3) is 3.70. The molecule has 1 aliphatic rings. The third-order valence-electron chi connectivity index (χ3n) is 3.22. The van der Waals surface area contributed by atoms with Crippen molar-refractivity contribution in [2.45, 2.75) is 32.8 Å². The van der Waals surface area contributed by atoms with E-state index in [-0.39, 0.29) is 30.4 Å². The molecule has 0 bridgehead atoms. The predicted octanol–water partition coefficient (Wildman–Crippen LogP) is 0.396. The number of likely N-dealkylation sites (tertiary alicyclic amines) is 1. The van der Waals surface area contributed by atoms with Crippen LogP contribution in [0.3, 0.4) is 0 Å². The fourth-order valence-electron chi connectivity index (χ4n) is 1.89. The SMILES string of the molecule is CCC(CC)C(=O)N1CC(OCC(=O)NC)C1. The number of ether oxygens (including phenoxy) is 1. The molecule has 0 unspecified atom stereocenters. The van der Waals surface area contributed by atoms with Crippen LogP contribution in [-0.4, -0.2) is 49.6 Å². The summed E-state index contributed by atoms with van der Waals surface area (Å²) in [7, 11) is 1.58. The van der Waals surface area contributed by atoms with Crippen molar-refractivity contribution >= 4 is 11.8 Å². The lowest BCUT2D eigenvalue weighted by Crippen LogP contribution is -2.56. The Morgan fingerprint density at radius 2 is 1.94 bits per heavy atom. The maximum Gasteiger partial charge on any atom is 0.245 e. The molecule has 0 aromatic rings. The molecule has 0 saturated carbocycles. The highest BCUT2D eigenvalue weighted by Crippen LogP contribution is 2.18. The molecule has 0 aliphatic carbocycles. The molecule has 1 rings (SSSR count). The molecule has 0 aromatic carbocycles. The van der Waals surface area contributed by atoms with Gasteiger partial charge in [-0.05, 0) is 12.8 Å². The summed E-state index contributed by atoms with van der Waals surface area (Å²) >= 11 is 0. The van der Waals surface area contributed by atoms with Crippen molar-refractivity contribution in [2.75, 3.05) is 26.7 Å². The summed E-state index contributed by atoms with van der Waals surface area (Å²) in [6, 6.07) is 0. The highest BCUT2D eigenvalue weighted by atomic mass is 16.5. The number of hydrogen-bond acceptors (Lipinski definition) is 3. The first-order valence-corrected chi connectivity index (χ1v) is 6.23. The molecule has 5 heteroatoms. The zero-order valence-electron chi connectivity index (χ0n) is 10.9. The van der Waals surface area contributed by atoms with Gasteiger partial charge >= 0.3 is 0 Å². The molecule has 1 heterocycles. The van der Waals surface area contributed by atoms with E-state index in [0.717, 1.165) is 12.8 Å². The Bertz CT molecular complexity index is 271. The highest BCUT2D eigenvalue weighted by Gasteiger charge is 2.33. The summed E-state index contributed by atoms with van der Waals surface area (Å²) < 4.78 is 5.35. The van der Waals surface area contributed by atoms with Gasteiger partial charge in [-0.2, -0.15) is 0 Å². The number of carbonyl (C=O) groups excluding carboxylic acids is 2. The maximum absolute atomic E-state index is 11.9. The molecular weight excluding hydrogens is 220 g/mol. The average molecular weight is 242 g/mol. The molecule has 0 aromatic heterocycles. The normalized spacial score (nSPS) is 15.9. The average Bonchev–Trinajstić information content (AvgIpc) is 2.28. The quantitative estimate of drug-likeness (QED) is 0.733. The first-order chi connectivity index (χ1) is 8.12. The van der Waals surface area contributed by atoms with Crippen LogP contribution in [-0.2, 0) is 14.3 Å². The van der Waals surface area contributed by atoms with Crippen LogP contribution in [0.4, 0.5) is 0 Å². The van der Waals surface area contributed by atoms with Gasteiger partial charge in [-0.15, -0.1) is 0 Å². The second-order valence-electron chi connectivity index (χ2n) is 4.36. The van der Waals surface area contributed by atoms with Crippen molar-refractivity contribution in [2.24, 2.45) is 5.92 Å². The fraction of sp³-hybridized carbons (Fsp3) is 0.833. The Balaban J connectivity index is 2.22. The lowest BCUT2D eigenvalue weighted by atomic mass is 9.99. The molecule has 2 amide bonds. The lowest BCUT2D eigenvalue weighted by Gasteiger charge is -2.40. The van der Waals surface area contributed by atoms with Gasteiger partial charge in [-0.3, -0.25) is 9.59 Å². The Kier molecular flexibility index (Phi) is 5.41. The Hall–Kier alpha value is -1.10. The van der Waals surface area contributed by atoms with Crippen molar-refractivity contribution in [1.82, 2.24) is 10.2 Å². The van der Waals surface area contributed by atoms with Crippen molar-refractivity contribution in [3.8, 4) is 0 Å². The monoisotopic (exact) mass is 242 g/mol. The standard InChI is InChI=1S/C12H22N2O3/c1-4-9(5-2)12(16)14-6-10(7-14)17-8-11(15)13-3/h9-10H,4-8H2,1-3H3,(H,13,15). The number of nitrogens with one attached hydrogen (secondary N) is 1. The Labute approximate surface area is 102 Å². The van der Waals surface area contributed by atoms with Gasteiger partial charge in [0.05, 0.1) is 6.10 Å². The van der Waals surface area contributed by atoms with E-state index in [1.807, 2.05) is 18.7 Å². The van der Waals surface area contributed by atoms with E-state index in [1.165, 1.54) is 0 Å². The van der Waals surface area contributed by atoms with Crippen LogP contribution in [0, 0.1) is 5.92 Å². The van der Waals surface area contributed by atoms with Gasteiger partial charge in [-0.1, -0.05) is 13.8 Å². The molecule has 1 N–H and O–H groups in total. The summed E-state index contributed by atoms with van der Waals surface area (Å²) in [6.45, 7) is 5.38. The van der Waals surface area contributed by atoms with Gasteiger partial charge in [0.25, 0.3) is 0 Å². The van der Waals surface area contributed by atoms with Crippen LogP contribution in [0.25, 0.3) is 0 Å². The van der Waals surface area contributed by atoms with E-state index in [2.05, 4.69) is 5.32 Å². The van der Waals surface area contributed by atoms with Crippen LogP contribution in [0.2, 0.25) is 0 Å². The van der Waals surface area contributed by atoms with Crippen LogP contribution >= 0.6 is 0 Å². The fourth-order valence-corrected chi connectivity index (χ4v) is 1.89. The molecule has 1 fully saturated rings. The minimum absolute atomic E-state index is 0.0191. The molecule has 17 heavy (non-hydrogen) atoms. The van der Waals surface area contributed by atoms with E-state index in [4.69, 9.17) is 4.74 Å². The lowest BCUT2D eigenvalue weighted by molar-refractivity contribution is -0.151. The second-order valence-corrected chi connectivity index (χ2v) is 4.36. The van der Waals surface area contributed by atoms with Crippen LogP contribution < -0.4 is 5.32 Å². The number of hydrogen-bond donors (Lipinski definition) is 1. The molecule has 0 radical (unpaired) electrons. The van der Waals surface area contributed by atoms with Gasteiger partial charge in [0, 0.05) is 26.1 Å². The smallest absolute Gasteiger partial charge is 0.245 e. The van der Waals surface area contributed by atoms with Crippen molar-refractivity contribution in [1.29, 1.82) is 0 Å². The third-order valence-corrected chi connectivity index (χ3v) is 3.22. The number of nitrogens with zero attached hydrogens (tertiary/aromatic N) is 1. The predicted molar refractivity (Wildman–Crippen MR) is 64.5 cm³/mol. The molecule has 5 nitrogen and oxygen atoms in total. The van der Waals surface area contributed by atoms with Gasteiger partial charge in [0.1, 0.15) is 6.61 Å². The molecular formula is C12H22N2O3. The van der Waals surface area contributed by atoms with Gasteiger partial charge < -0.3 is 15.0 Å². The maximum atomic E-state index is 11.9. The Morgan fingerprint density at radius 1 is 1.35 bits per heavy atom. The molecule has 1 saturated heterocycles. The van der Waals surface area contributed by atoms with Crippen molar-refractivity contribution in [3.05, 3.63) is 0 Å². The summed E-state index contributed by atoms with van der Waals surface area (Å²) in [5, 5.41) is 2.49. The van der Waals surface area contributed by atoms with Gasteiger partial charge in [0.15, 0.2) is 0 Å². The zero-order chi connectivity index (χ0) is 12.8. The first kappa shape index (κ1) is 14.0. The summed E-state index contributed by atoms with van der Waals surface area (Å²) in [5.74, 6) is 0.222. The topological polar surface area (TPSA) is 58.6 Å². The summed E-state index contributed by atoms with van der Waals surface area (Å²) in [5.41, 5.74) is 0.